The highest BCUT2D eigenvalue weighted by Gasteiger charge is 2.11. The van der Waals surface area contributed by atoms with Crippen LogP contribution in [0.3, 0.4) is 0 Å². The van der Waals surface area contributed by atoms with E-state index in [1.165, 1.54) is 31.4 Å². The SMILES string of the molecule is Cc1cccc2nc(CN=C(N)N3CCCCCC3)cn12. The standard InChI is InChI=1S/C16H23N5/c1-13-7-6-8-15-19-14(12-21(13)15)11-18-16(17)20-9-4-2-3-5-10-20/h6-8,12H,2-5,9-11H2,1H3,(H2,17,18). The van der Waals surface area contributed by atoms with E-state index in [4.69, 9.17) is 5.73 Å². The van der Waals surface area contributed by atoms with E-state index in [0.29, 0.717) is 12.5 Å². The highest BCUT2D eigenvalue weighted by molar-refractivity contribution is 5.78. The van der Waals surface area contributed by atoms with Crippen molar-refractivity contribution in [1.29, 1.82) is 0 Å². The summed E-state index contributed by atoms with van der Waals surface area (Å²) in [4.78, 5) is 11.3. The average Bonchev–Trinajstić information content (AvgIpc) is 2.71. The molecule has 2 aromatic rings. The second-order valence-electron chi connectivity index (χ2n) is 5.70. The Balaban J connectivity index is 1.72. The summed E-state index contributed by atoms with van der Waals surface area (Å²) in [6, 6.07) is 6.11. The Morgan fingerprint density at radius 1 is 1.24 bits per heavy atom. The summed E-state index contributed by atoms with van der Waals surface area (Å²) in [6.45, 7) is 4.68. The van der Waals surface area contributed by atoms with E-state index in [1.54, 1.807) is 0 Å². The molecule has 0 radical (unpaired) electrons. The van der Waals surface area contributed by atoms with Gasteiger partial charge in [0.2, 0.25) is 0 Å². The summed E-state index contributed by atoms with van der Waals surface area (Å²) < 4.78 is 2.09. The van der Waals surface area contributed by atoms with E-state index in [-0.39, 0.29) is 0 Å². The number of hydrogen-bond donors (Lipinski definition) is 1. The fourth-order valence-corrected chi connectivity index (χ4v) is 2.84. The van der Waals surface area contributed by atoms with Gasteiger partial charge in [0.15, 0.2) is 5.96 Å². The van der Waals surface area contributed by atoms with Crippen molar-refractivity contribution in [3.8, 4) is 0 Å². The topological polar surface area (TPSA) is 58.9 Å². The number of nitrogens with two attached hydrogens (primary N) is 1. The number of hydrogen-bond acceptors (Lipinski definition) is 2. The van der Waals surface area contributed by atoms with Crippen LogP contribution < -0.4 is 5.73 Å². The number of aryl methyl sites for hydroxylation is 1. The molecule has 112 valence electrons. The maximum Gasteiger partial charge on any atom is 0.191 e. The lowest BCUT2D eigenvalue weighted by atomic mass is 10.2. The van der Waals surface area contributed by atoms with E-state index in [9.17, 15) is 0 Å². The lowest BCUT2D eigenvalue weighted by Crippen LogP contribution is -2.38. The Morgan fingerprint density at radius 2 is 2.00 bits per heavy atom. The Morgan fingerprint density at radius 3 is 2.71 bits per heavy atom. The van der Waals surface area contributed by atoms with E-state index < -0.39 is 0 Å². The molecule has 0 aliphatic carbocycles. The highest BCUT2D eigenvalue weighted by atomic mass is 15.2. The summed E-state index contributed by atoms with van der Waals surface area (Å²) in [5.74, 6) is 0.658. The number of rotatable bonds is 2. The van der Waals surface area contributed by atoms with Gasteiger partial charge in [0.25, 0.3) is 0 Å². The van der Waals surface area contributed by atoms with Crippen LogP contribution in [0.4, 0.5) is 0 Å². The fraction of sp³-hybridized carbons (Fsp3) is 0.500. The van der Waals surface area contributed by atoms with Gasteiger partial charge in [0.05, 0.1) is 12.2 Å². The Labute approximate surface area is 125 Å². The molecule has 1 aliphatic rings. The van der Waals surface area contributed by atoms with Crippen molar-refractivity contribution < 1.29 is 0 Å². The van der Waals surface area contributed by atoms with Crippen LogP contribution in [0.25, 0.3) is 5.65 Å². The third-order valence-corrected chi connectivity index (χ3v) is 4.08. The van der Waals surface area contributed by atoms with Gasteiger partial charge in [-0.2, -0.15) is 0 Å². The summed E-state index contributed by atoms with van der Waals surface area (Å²) in [6.07, 6.45) is 7.07. The smallest absolute Gasteiger partial charge is 0.191 e. The van der Waals surface area contributed by atoms with Crippen LogP contribution in [0.1, 0.15) is 37.1 Å². The third kappa shape index (κ3) is 3.17. The van der Waals surface area contributed by atoms with E-state index in [1.807, 2.05) is 18.3 Å². The number of guanidine groups is 1. The Hall–Kier alpha value is -2.04. The van der Waals surface area contributed by atoms with Crippen LogP contribution in [0.2, 0.25) is 0 Å². The molecular weight excluding hydrogens is 262 g/mol. The van der Waals surface area contributed by atoms with Gasteiger partial charge >= 0.3 is 0 Å². The monoisotopic (exact) mass is 285 g/mol. The van der Waals surface area contributed by atoms with Gasteiger partial charge in [0, 0.05) is 25.0 Å². The molecule has 3 heterocycles. The molecule has 0 aromatic carbocycles. The molecule has 0 saturated carbocycles. The maximum atomic E-state index is 6.13. The number of pyridine rings is 1. The van der Waals surface area contributed by atoms with E-state index in [2.05, 4.69) is 32.3 Å². The Bertz CT molecular complexity index is 635. The minimum atomic E-state index is 0.545. The van der Waals surface area contributed by atoms with Gasteiger partial charge in [-0.05, 0) is 31.9 Å². The number of likely N-dealkylation sites (tertiary alicyclic amines) is 1. The Kier molecular flexibility index (Phi) is 4.08. The minimum absolute atomic E-state index is 0.545. The predicted octanol–water partition coefficient (Wildman–Crippen LogP) is 2.33. The maximum absolute atomic E-state index is 6.13. The fourth-order valence-electron chi connectivity index (χ4n) is 2.84. The quantitative estimate of drug-likeness (QED) is 0.680. The first-order chi connectivity index (χ1) is 10.2. The highest BCUT2D eigenvalue weighted by Crippen LogP contribution is 2.11. The van der Waals surface area contributed by atoms with E-state index >= 15 is 0 Å². The summed E-state index contributed by atoms with van der Waals surface area (Å²) in [5.41, 5.74) is 9.23. The van der Waals surface area contributed by atoms with Crippen molar-refractivity contribution in [1.82, 2.24) is 14.3 Å². The van der Waals surface area contributed by atoms with Crippen molar-refractivity contribution in [2.75, 3.05) is 13.1 Å². The molecule has 2 N–H and O–H groups in total. The van der Waals surface area contributed by atoms with Crippen molar-refractivity contribution in [3.05, 3.63) is 35.8 Å². The minimum Gasteiger partial charge on any atom is -0.370 e. The van der Waals surface area contributed by atoms with Crippen LogP contribution in [0, 0.1) is 6.92 Å². The van der Waals surface area contributed by atoms with Crippen LogP contribution in [0.15, 0.2) is 29.4 Å². The van der Waals surface area contributed by atoms with Crippen LogP contribution >= 0.6 is 0 Å². The predicted molar refractivity (Wildman–Crippen MR) is 85.3 cm³/mol. The van der Waals surface area contributed by atoms with Crippen molar-refractivity contribution in [2.45, 2.75) is 39.2 Å². The average molecular weight is 285 g/mol. The largest absolute Gasteiger partial charge is 0.370 e. The zero-order valence-electron chi connectivity index (χ0n) is 12.6. The van der Waals surface area contributed by atoms with Gasteiger partial charge in [-0.25, -0.2) is 9.98 Å². The zero-order chi connectivity index (χ0) is 14.7. The lowest BCUT2D eigenvalue weighted by Gasteiger charge is -2.20. The molecule has 3 rings (SSSR count). The number of imidazole rings is 1. The number of fused-ring (bicyclic) bond motifs is 1. The molecule has 1 saturated heterocycles. The molecule has 0 amide bonds. The van der Waals surface area contributed by atoms with Crippen molar-refractivity contribution in [2.24, 2.45) is 10.7 Å². The van der Waals surface area contributed by atoms with Crippen molar-refractivity contribution in [3.63, 3.8) is 0 Å². The van der Waals surface area contributed by atoms with Gasteiger partial charge < -0.3 is 15.0 Å². The van der Waals surface area contributed by atoms with Crippen LogP contribution in [0.5, 0.6) is 0 Å². The molecule has 5 nitrogen and oxygen atoms in total. The number of nitrogens with zero attached hydrogens (tertiary/aromatic N) is 4. The molecular formula is C16H23N5. The normalized spacial score (nSPS) is 17.2. The van der Waals surface area contributed by atoms with Gasteiger partial charge in [-0.1, -0.05) is 18.9 Å². The summed E-state index contributed by atoms with van der Waals surface area (Å²) in [7, 11) is 0. The molecule has 21 heavy (non-hydrogen) atoms. The summed E-state index contributed by atoms with van der Waals surface area (Å²) in [5, 5.41) is 0. The van der Waals surface area contributed by atoms with Gasteiger partial charge in [-0.3, -0.25) is 0 Å². The zero-order valence-corrected chi connectivity index (χ0v) is 12.6. The molecule has 0 unspecified atom stereocenters. The second kappa shape index (κ2) is 6.16. The first kappa shape index (κ1) is 13.9. The van der Waals surface area contributed by atoms with Crippen LogP contribution in [-0.4, -0.2) is 33.3 Å². The second-order valence-corrected chi connectivity index (χ2v) is 5.70. The molecule has 0 bridgehead atoms. The van der Waals surface area contributed by atoms with Gasteiger partial charge in [0.1, 0.15) is 5.65 Å². The summed E-state index contributed by atoms with van der Waals surface area (Å²) >= 11 is 0. The molecule has 0 spiro atoms. The van der Waals surface area contributed by atoms with Crippen molar-refractivity contribution >= 4 is 11.6 Å². The molecule has 2 aromatic heterocycles. The molecule has 1 fully saturated rings. The van der Waals surface area contributed by atoms with Gasteiger partial charge in [-0.15, -0.1) is 0 Å². The lowest BCUT2D eigenvalue weighted by molar-refractivity contribution is 0.428. The van der Waals surface area contributed by atoms with Crippen LogP contribution in [-0.2, 0) is 6.54 Å². The number of aromatic nitrogens is 2. The molecule has 0 atom stereocenters. The first-order valence-corrected chi connectivity index (χ1v) is 7.72. The first-order valence-electron chi connectivity index (χ1n) is 7.72. The van der Waals surface area contributed by atoms with E-state index in [0.717, 1.165) is 24.4 Å². The third-order valence-electron chi connectivity index (χ3n) is 4.08. The number of aliphatic imine (C=N–C) groups is 1. The molecule has 5 heteroatoms. The molecule has 1 aliphatic heterocycles.